The molecule has 0 fully saturated rings. The largest absolute Gasteiger partial charge is 0.497 e. The Kier molecular flexibility index (Phi) is 6.06. The number of hydrogen-bond donors (Lipinski definition) is 1. The summed E-state index contributed by atoms with van der Waals surface area (Å²) >= 11 is 1.41. The second kappa shape index (κ2) is 8.67. The second-order valence-electron chi connectivity index (χ2n) is 6.30. The van der Waals surface area contributed by atoms with E-state index in [1.54, 1.807) is 24.4 Å². The number of nitrogens with one attached hydrogen (secondary N) is 1. The molecule has 7 heteroatoms. The first-order chi connectivity index (χ1) is 13.5. The van der Waals surface area contributed by atoms with Crippen LogP contribution in [0, 0.1) is 0 Å². The maximum absolute atomic E-state index is 12.5. The minimum absolute atomic E-state index is 0.0111. The molecule has 28 heavy (non-hydrogen) atoms. The molecule has 0 radical (unpaired) electrons. The van der Waals surface area contributed by atoms with E-state index in [0.29, 0.717) is 17.9 Å². The summed E-state index contributed by atoms with van der Waals surface area (Å²) in [4.78, 5) is 30.0. The number of benzene rings is 2. The number of methoxy groups -OCH3 is 1. The van der Waals surface area contributed by atoms with Gasteiger partial charge in [0.15, 0.2) is 0 Å². The van der Waals surface area contributed by atoms with Crippen molar-refractivity contribution in [1.29, 1.82) is 0 Å². The number of anilines is 1. The summed E-state index contributed by atoms with van der Waals surface area (Å²) in [6.07, 6.45) is 0. The summed E-state index contributed by atoms with van der Waals surface area (Å²) in [6, 6.07) is 15.0. The van der Waals surface area contributed by atoms with Crippen LogP contribution in [0.2, 0.25) is 0 Å². The lowest BCUT2D eigenvalue weighted by Gasteiger charge is -2.15. The highest BCUT2D eigenvalue weighted by atomic mass is 32.1. The zero-order chi connectivity index (χ0) is 20.1. The van der Waals surface area contributed by atoms with Crippen LogP contribution in [0.4, 0.5) is 5.69 Å². The number of nitrogens with zero attached hydrogens (tertiary/aromatic N) is 2. The number of carbonyl (C=O) groups is 2. The Bertz CT molecular complexity index is 983. The van der Waals surface area contributed by atoms with Crippen LogP contribution in [0.15, 0.2) is 53.9 Å². The topological polar surface area (TPSA) is 71.5 Å². The van der Waals surface area contributed by atoms with Crippen molar-refractivity contribution in [3.63, 3.8) is 0 Å². The van der Waals surface area contributed by atoms with E-state index >= 15 is 0 Å². The van der Waals surface area contributed by atoms with Crippen molar-refractivity contribution in [1.82, 2.24) is 9.88 Å². The van der Waals surface area contributed by atoms with Gasteiger partial charge in [0.25, 0.3) is 5.91 Å². The van der Waals surface area contributed by atoms with Crippen molar-refractivity contribution in [2.45, 2.75) is 13.5 Å². The van der Waals surface area contributed by atoms with Crippen molar-refractivity contribution >= 4 is 28.8 Å². The Labute approximate surface area is 167 Å². The third kappa shape index (κ3) is 4.75. The van der Waals surface area contributed by atoms with Gasteiger partial charge in [-0.05, 0) is 42.0 Å². The summed E-state index contributed by atoms with van der Waals surface area (Å²) in [7, 11) is 3.36. The molecule has 0 bridgehead atoms. The maximum Gasteiger partial charge on any atom is 0.275 e. The van der Waals surface area contributed by atoms with Crippen LogP contribution in [0.1, 0.15) is 23.0 Å². The minimum atomic E-state index is -0.270. The quantitative estimate of drug-likeness (QED) is 0.683. The SMILES string of the molecule is COc1ccc(-c2nc(C(=O)Nc3cccc(CN(C)C(C)=O)c3)cs2)cc1. The first-order valence-corrected chi connectivity index (χ1v) is 9.56. The predicted molar refractivity (Wildman–Crippen MR) is 111 cm³/mol. The molecule has 0 saturated heterocycles. The van der Waals surface area contributed by atoms with Gasteiger partial charge in [0.2, 0.25) is 5.91 Å². The van der Waals surface area contributed by atoms with Gasteiger partial charge in [-0.3, -0.25) is 9.59 Å². The fraction of sp³-hybridized carbons (Fsp3) is 0.190. The molecule has 1 N–H and O–H groups in total. The number of rotatable bonds is 6. The summed E-state index contributed by atoms with van der Waals surface area (Å²) in [6.45, 7) is 2.01. The van der Waals surface area contributed by atoms with Gasteiger partial charge in [0.1, 0.15) is 16.5 Å². The predicted octanol–water partition coefficient (Wildman–Crippen LogP) is 4.05. The summed E-state index contributed by atoms with van der Waals surface area (Å²) < 4.78 is 5.16. The van der Waals surface area contributed by atoms with Gasteiger partial charge in [0.05, 0.1) is 7.11 Å². The molecule has 0 aliphatic rings. The lowest BCUT2D eigenvalue weighted by molar-refractivity contribution is -0.128. The lowest BCUT2D eigenvalue weighted by Crippen LogP contribution is -2.23. The first kappa shape index (κ1) is 19.6. The molecular formula is C21H21N3O3S. The van der Waals surface area contributed by atoms with Crippen LogP contribution >= 0.6 is 11.3 Å². The molecule has 0 unspecified atom stereocenters. The normalized spacial score (nSPS) is 10.4. The molecule has 2 amide bonds. The molecule has 6 nitrogen and oxygen atoms in total. The molecule has 0 saturated carbocycles. The third-order valence-electron chi connectivity index (χ3n) is 4.22. The molecule has 0 aliphatic heterocycles. The van der Waals surface area contributed by atoms with E-state index in [0.717, 1.165) is 21.9 Å². The van der Waals surface area contributed by atoms with Crippen LogP contribution in [-0.4, -0.2) is 35.9 Å². The van der Waals surface area contributed by atoms with Crippen molar-refractivity contribution in [3.8, 4) is 16.3 Å². The van der Waals surface area contributed by atoms with E-state index in [9.17, 15) is 9.59 Å². The number of hydrogen-bond acceptors (Lipinski definition) is 5. The summed E-state index contributed by atoms with van der Waals surface area (Å²) in [5.41, 5.74) is 2.90. The Morgan fingerprint density at radius 2 is 1.93 bits per heavy atom. The van der Waals surface area contributed by atoms with Crippen LogP contribution in [-0.2, 0) is 11.3 Å². The van der Waals surface area contributed by atoms with Gasteiger partial charge in [-0.1, -0.05) is 12.1 Å². The molecule has 3 rings (SSSR count). The third-order valence-corrected chi connectivity index (χ3v) is 5.11. The molecular weight excluding hydrogens is 374 g/mol. The summed E-state index contributed by atoms with van der Waals surface area (Å²) in [5, 5.41) is 5.37. The van der Waals surface area contributed by atoms with Crippen molar-refractivity contribution < 1.29 is 14.3 Å². The molecule has 0 atom stereocenters. The number of carbonyl (C=O) groups excluding carboxylic acids is 2. The first-order valence-electron chi connectivity index (χ1n) is 8.68. The number of thiazole rings is 1. The van der Waals surface area contributed by atoms with Crippen molar-refractivity contribution in [2.75, 3.05) is 19.5 Å². The Morgan fingerprint density at radius 1 is 1.18 bits per heavy atom. The van der Waals surface area contributed by atoms with E-state index in [1.165, 1.54) is 18.3 Å². The number of ether oxygens (including phenoxy) is 1. The Morgan fingerprint density at radius 3 is 2.61 bits per heavy atom. The highest BCUT2D eigenvalue weighted by Crippen LogP contribution is 2.26. The average molecular weight is 395 g/mol. The molecule has 1 aromatic heterocycles. The van der Waals surface area contributed by atoms with Gasteiger partial charge in [-0.15, -0.1) is 11.3 Å². The fourth-order valence-electron chi connectivity index (χ4n) is 2.57. The van der Waals surface area contributed by atoms with Crippen LogP contribution in [0.5, 0.6) is 5.75 Å². The highest BCUT2D eigenvalue weighted by Gasteiger charge is 2.13. The van der Waals surface area contributed by atoms with Gasteiger partial charge in [-0.2, -0.15) is 0 Å². The van der Waals surface area contributed by atoms with Crippen LogP contribution in [0.3, 0.4) is 0 Å². The number of amides is 2. The zero-order valence-corrected chi connectivity index (χ0v) is 16.7. The Balaban J connectivity index is 1.70. The second-order valence-corrected chi connectivity index (χ2v) is 7.15. The molecule has 0 aliphatic carbocycles. The van der Waals surface area contributed by atoms with Gasteiger partial charge in [0, 0.05) is 37.1 Å². The van der Waals surface area contributed by atoms with Crippen LogP contribution < -0.4 is 10.1 Å². The fourth-order valence-corrected chi connectivity index (χ4v) is 3.38. The standard InChI is InChI=1S/C21H21N3O3S/c1-14(25)24(2)12-15-5-4-6-17(11-15)22-20(26)19-13-28-21(23-19)16-7-9-18(27-3)10-8-16/h4-11,13H,12H2,1-3H3,(H,22,26). The van der Waals surface area contributed by atoms with E-state index in [-0.39, 0.29) is 11.8 Å². The van der Waals surface area contributed by atoms with Gasteiger partial charge < -0.3 is 15.0 Å². The number of aromatic nitrogens is 1. The van der Waals surface area contributed by atoms with Gasteiger partial charge in [-0.25, -0.2) is 4.98 Å². The van der Waals surface area contributed by atoms with Crippen LogP contribution in [0.25, 0.3) is 10.6 Å². The lowest BCUT2D eigenvalue weighted by atomic mass is 10.2. The van der Waals surface area contributed by atoms with E-state index in [2.05, 4.69) is 10.3 Å². The van der Waals surface area contributed by atoms with Crippen molar-refractivity contribution in [2.24, 2.45) is 0 Å². The highest BCUT2D eigenvalue weighted by molar-refractivity contribution is 7.13. The molecule has 1 heterocycles. The van der Waals surface area contributed by atoms with Crippen molar-refractivity contribution in [3.05, 3.63) is 65.2 Å². The van der Waals surface area contributed by atoms with E-state index in [4.69, 9.17) is 4.74 Å². The minimum Gasteiger partial charge on any atom is -0.497 e. The molecule has 0 spiro atoms. The van der Waals surface area contributed by atoms with E-state index < -0.39 is 0 Å². The Hall–Kier alpha value is -3.19. The molecule has 144 valence electrons. The molecule has 3 aromatic rings. The zero-order valence-electron chi connectivity index (χ0n) is 15.9. The maximum atomic E-state index is 12.5. The molecule has 2 aromatic carbocycles. The smallest absolute Gasteiger partial charge is 0.275 e. The summed E-state index contributed by atoms with van der Waals surface area (Å²) in [5.74, 6) is 0.490. The average Bonchev–Trinajstić information content (AvgIpc) is 3.18. The van der Waals surface area contributed by atoms with E-state index in [1.807, 2.05) is 48.5 Å². The monoisotopic (exact) mass is 395 g/mol. The van der Waals surface area contributed by atoms with Gasteiger partial charge >= 0.3 is 0 Å².